The highest BCUT2D eigenvalue weighted by atomic mass is 14.8. The zero-order valence-electron chi connectivity index (χ0n) is 15.2. The number of aromatic amines is 2. The van der Waals surface area contributed by atoms with Crippen LogP contribution in [0.15, 0.2) is 61.2 Å². The van der Waals surface area contributed by atoms with E-state index in [0.29, 0.717) is 5.92 Å². The maximum atomic E-state index is 4.99. The van der Waals surface area contributed by atoms with Gasteiger partial charge in [-0.25, -0.2) is 9.97 Å². The van der Waals surface area contributed by atoms with Gasteiger partial charge in [-0.2, -0.15) is 0 Å². The number of hydrogen-bond acceptors (Lipinski definition) is 3. The molecule has 5 heteroatoms. The summed E-state index contributed by atoms with van der Waals surface area (Å²) in [6.45, 7) is 4.34. The quantitative estimate of drug-likeness (QED) is 0.463. The maximum absolute atomic E-state index is 4.99. The zero-order chi connectivity index (χ0) is 18.4. The fourth-order valence-electron chi connectivity index (χ4n) is 3.49. The monoisotopic (exact) mass is 353 g/mol. The van der Waals surface area contributed by atoms with Crippen LogP contribution < -0.4 is 0 Å². The van der Waals surface area contributed by atoms with Crippen LogP contribution in [0.25, 0.3) is 44.5 Å². The van der Waals surface area contributed by atoms with Crippen molar-refractivity contribution in [2.24, 2.45) is 0 Å². The first-order valence-corrected chi connectivity index (χ1v) is 9.07. The Morgan fingerprint density at radius 2 is 1.41 bits per heavy atom. The summed E-state index contributed by atoms with van der Waals surface area (Å²) in [5.74, 6) is 0.297. The van der Waals surface area contributed by atoms with Gasteiger partial charge in [0.2, 0.25) is 0 Å². The Balaban J connectivity index is 1.64. The zero-order valence-corrected chi connectivity index (χ0v) is 15.2. The predicted octanol–water partition coefficient (Wildman–Crippen LogP) is 5.29. The molecule has 0 aliphatic heterocycles. The fourth-order valence-corrected chi connectivity index (χ4v) is 3.49. The van der Waals surface area contributed by atoms with Crippen LogP contribution in [0.1, 0.15) is 25.5 Å². The van der Waals surface area contributed by atoms with Crippen molar-refractivity contribution in [3.8, 4) is 22.4 Å². The van der Waals surface area contributed by atoms with Crippen molar-refractivity contribution in [2.45, 2.75) is 19.8 Å². The van der Waals surface area contributed by atoms with Crippen LogP contribution in [0.4, 0.5) is 0 Å². The largest absolute Gasteiger partial charge is 0.346 e. The van der Waals surface area contributed by atoms with E-state index in [9.17, 15) is 0 Å². The first kappa shape index (κ1) is 15.8. The second-order valence-electron chi connectivity index (χ2n) is 7.06. The molecule has 0 atom stereocenters. The van der Waals surface area contributed by atoms with Crippen molar-refractivity contribution in [3.63, 3.8) is 0 Å². The van der Waals surface area contributed by atoms with Crippen molar-refractivity contribution in [1.29, 1.82) is 0 Å². The van der Waals surface area contributed by atoms with Crippen LogP contribution in [0.5, 0.6) is 0 Å². The van der Waals surface area contributed by atoms with Crippen LogP contribution in [0, 0.1) is 0 Å². The normalized spacial score (nSPS) is 11.7. The van der Waals surface area contributed by atoms with Crippen LogP contribution in [-0.2, 0) is 0 Å². The molecule has 0 unspecified atom stereocenters. The van der Waals surface area contributed by atoms with Gasteiger partial charge >= 0.3 is 0 Å². The van der Waals surface area contributed by atoms with Crippen LogP contribution in [-0.4, -0.2) is 24.9 Å². The molecule has 5 aromatic heterocycles. The van der Waals surface area contributed by atoms with Gasteiger partial charge in [0.15, 0.2) is 0 Å². The lowest BCUT2D eigenvalue weighted by Crippen LogP contribution is -1.99. The number of nitrogens with one attached hydrogen (secondary N) is 2. The number of aromatic nitrogens is 5. The van der Waals surface area contributed by atoms with Gasteiger partial charge in [-0.3, -0.25) is 4.98 Å². The summed E-state index contributed by atoms with van der Waals surface area (Å²) < 4.78 is 0. The summed E-state index contributed by atoms with van der Waals surface area (Å²) in [6, 6.07) is 12.6. The molecule has 0 saturated heterocycles. The van der Waals surface area contributed by atoms with E-state index in [1.807, 2.05) is 36.9 Å². The Morgan fingerprint density at radius 3 is 2.07 bits per heavy atom. The number of rotatable bonds is 3. The molecular formula is C22H19N5. The van der Waals surface area contributed by atoms with Crippen LogP contribution in [0.2, 0.25) is 0 Å². The first-order chi connectivity index (χ1) is 13.2. The van der Waals surface area contributed by atoms with E-state index >= 15 is 0 Å². The third-order valence-electron chi connectivity index (χ3n) is 4.88. The maximum Gasteiger partial charge on any atom is 0.137 e. The van der Waals surface area contributed by atoms with Gasteiger partial charge in [0.05, 0.1) is 11.4 Å². The molecule has 0 radical (unpaired) electrons. The van der Waals surface area contributed by atoms with Crippen molar-refractivity contribution in [2.75, 3.05) is 0 Å². The topological polar surface area (TPSA) is 70.2 Å². The molecule has 5 aromatic rings. The van der Waals surface area contributed by atoms with E-state index in [2.05, 4.69) is 58.0 Å². The Kier molecular flexibility index (Phi) is 3.53. The number of pyridine rings is 3. The second-order valence-corrected chi connectivity index (χ2v) is 7.06. The molecule has 5 rings (SSSR count). The Labute approximate surface area is 156 Å². The molecule has 0 aromatic carbocycles. The molecule has 0 aliphatic carbocycles. The predicted molar refractivity (Wildman–Crippen MR) is 109 cm³/mol. The number of nitrogens with zero attached hydrogens (tertiary/aromatic N) is 3. The van der Waals surface area contributed by atoms with Crippen molar-refractivity contribution >= 4 is 22.1 Å². The number of hydrogen-bond donors (Lipinski definition) is 2. The third kappa shape index (κ3) is 2.68. The summed E-state index contributed by atoms with van der Waals surface area (Å²) in [7, 11) is 0. The molecule has 5 heterocycles. The van der Waals surface area contributed by atoms with Gasteiger partial charge in [0, 0.05) is 52.3 Å². The highest BCUT2D eigenvalue weighted by Crippen LogP contribution is 2.32. The minimum atomic E-state index is 0.297. The van der Waals surface area contributed by atoms with Gasteiger partial charge in [0.25, 0.3) is 0 Å². The molecule has 27 heavy (non-hydrogen) atoms. The second kappa shape index (κ2) is 6.06. The van der Waals surface area contributed by atoms with E-state index < -0.39 is 0 Å². The number of H-pyrrole nitrogens is 2. The lowest BCUT2D eigenvalue weighted by molar-refractivity contribution is 0.827. The van der Waals surface area contributed by atoms with Crippen LogP contribution in [0.3, 0.4) is 0 Å². The molecule has 0 fully saturated rings. The smallest absolute Gasteiger partial charge is 0.137 e. The molecule has 0 amide bonds. The summed E-state index contributed by atoms with van der Waals surface area (Å²) in [5.41, 5.74) is 7.04. The number of fused-ring (bicyclic) bond motifs is 2. The standard InChI is InChI=1S/C22H19N5/c1-13(2)20-18(16-9-14-5-7-23-21(14)25-11-16)3-4-19(27-20)17-10-15-6-8-24-22(15)26-12-17/h3-13H,1-2H3,(H,23,25)(H,24,26). The van der Waals surface area contributed by atoms with Crippen LogP contribution >= 0.6 is 0 Å². The lowest BCUT2D eigenvalue weighted by atomic mass is 9.97. The summed E-state index contributed by atoms with van der Waals surface area (Å²) >= 11 is 0. The van der Waals surface area contributed by atoms with Gasteiger partial charge < -0.3 is 9.97 Å². The average Bonchev–Trinajstić information content (AvgIpc) is 3.35. The van der Waals surface area contributed by atoms with Gasteiger partial charge in [-0.05, 0) is 36.2 Å². The Hall–Kier alpha value is -3.47. The van der Waals surface area contributed by atoms with Gasteiger partial charge in [-0.15, -0.1) is 0 Å². The third-order valence-corrected chi connectivity index (χ3v) is 4.88. The molecule has 5 nitrogen and oxygen atoms in total. The van der Waals surface area contributed by atoms with Gasteiger partial charge in [0.1, 0.15) is 11.3 Å². The molecule has 132 valence electrons. The molecule has 0 aliphatic rings. The SMILES string of the molecule is CC(C)c1nc(-c2cnc3[nH]ccc3c2)ccc1-c1cnc2[nH]ccc2c1. The van der Waals surface area contributed by atoms with E-state index in [0.717, 1.165) is 50.1 Å². The first-order valence-electron chi connectivity index (χ1n) is 9.07. The molecular weight excluding hydrogens is 334 g/mol. The van der Waals surface area contributed by atoms with E-state index in [4.69, 9.17) is 4.98 Å². The highest BCUT2D eigenvalue weighted by Gasteiger charge is 2.14. The van der Waals surface area contributed by atoms with E-state index in [1.54, 1.807) is 0 Å². The summed E-state index contributed by atoms with van der Waals surface area (Å²) in [5, 5.41) is 2.19. The fraction of sp³-hybridized carbons (Fsp3) is 0.136. The van der Waals surface area contributed by atoms with E-state index in [1.165, 1.54) is 0 Å². The highest BCUT2D eigenvalue weighted by molar-refractivity contribution is 5.83. The molecule has 0 saturated carbocycles. The summed E-state index contributed by atoms with van der Waals surface area (Å²) in [6.07, 6.45) is 7.60. The Morgan fingerprint density at radius 1 is 0.778 bits per heavy atom. The van der Waals surface area contributed by atoms with Crippen molar-refractivity contribution in [3.05, 3.63) is 66.9 Å². The van der Waals surface area contributed by atoms with Gasteiger partial charge in [-0.1, -0.05) is 19.9 Å². The minimum Gasteiger partial charge on any atom is -0.346 e. The van der Waals surface area contributed by atoms with Crippen molar-refractivity contribution in [1.82, 2.24) is 24.9 Å². The molecule has 2 N–H and O–H groups in total. The summed E-state index contributed by atoms with van der Waals surface area (Å²) in [4.78, 5) is 20.3. The average molecular weight is 353 g/mol. The minimum absolute atomic E-state index is 0.297. The molecule has 0 spiro atoms. The lowest BCUT2D eigenvalue weighted by Gasteiger charge is -2.14. The Bertz CT molecular complexity index is 1260. The van der Waals surface area contributed by atoms with Crippen molar-refractivity contribution < 1.29 is 0 Å². The molecule has 0 bridgehead atoms. The van der Waals surface area contributed by atoms with E-state index in [-0.39, 0.29) is 0 Å².